The van der Waals surface area contributed by atoms with Crippen LogP contribution >= 0.6 is 0 Å². The Morgan fingerprint density at radius 1 is 1.30 bits per heavy atom. The zero-order valence-electron chi connectivity index (χ0n) is 12.6. The Bertz CT molecular complexity index is 629. The van der Waals surface area contributed by atoms with Gasteiger partial charge >= 0.3 is 0 Å². The summed E-state index contributed by atoms with van der Waals surface area (Å²) < 4.78 is 8.39. The van der Waals surface area contributed by atoms with Crippen LogP contribution in [0.3, 0.4) is 0 Å². The molecule has 1 aromatic heterocycles. The van der Waals surface area contributed by atoms with E-state index in [1.165, 1.54) is 40.6 Å². The number of hydrogen-bond acceptors (Lipinski definition) is 2. The SMILES string of the molecule is Cc1c(C)n(CC2CCC(C)O2)c2ccc(CN)cc12. The lowest BCUT2D eigenvalue weighted by Gasteiger charge is -2.15. The van der Waals surface area contributed by atoms with Gasteiger partial charge in [-0.3, -0.25) is 0 Å². The van der Waals surface area contributed by atoms with Crippen molar-refractivity contribution in [3.63, 3.8) is 0 Å². The highest BCUT2D eigenvalue weighted by molar-refractivity contribution is 5.86. The van der Waals surface area contributed by atoms with Gasteiger partial charge in [0.2, 0.25) is 0 Å². The Kier molecular flexibility index (Phi) is 3.57. The van der Waals surface area contributed by atoms with Crippen molar-refractivity contribution < 1.29 is 4.74 Å². The van der Waals surface area contributed by atoms with Crippen molar-refractivity contribution >= 4 is 10.9 Å². The van der Waals surface area contributed by atoms with Crippen LogP contribution in [0.2, 0.25) is 0 Å². The summed E-state index contributed by atoms with van der Waals surface area (Å²) in [4.78, 5) is 0. The third kappa shape index (κ3) is 2.25. The molecular formula is C17H24N2O. The maximum Gasteiger partial charge on any atom is 0.0758 e. The lowest BCUT2D eigenvalue weighted by atomic mass is 10.1. The van der Waals surface area contributed by atoms with Gasteiger partial charge < -0.3 is 15.0 Å². The Labute approximate surface area is 120 Å². The van der Waals surface area contributed by atoms with Crippen LogP contribution in [0.15, 0.2) is 18.2 Å². The van der Waals surface area contributed by atoms with Crippen LogP contribution in [-0.4, -0.2) is 16.8 Å². The molecule has 108 valence electrons. The molecule has 3 heteroatoms. The lowest BCUT2D eigenvalue weighted by Crippen LogP contribution is -2.17. The summed E-state index contributed by atoms with van der Waals surface area (Å²) in [6.45, 7) is 8.13. The maximum atomic E-state index is 5.98. The van der Waals surface area contributed by atoms with E-state index in [0.29, 0.717) is 18.8 Å². The smallest absolute Gasteiger partial charge is 0.0758 e. The van der Waals surface area contributed by atoms with Crippen LogP contribution in [0.25, 0.3) is 10.9 Å². The molecule has 1 aliphatic rings. The monoisotopic (exact) mass is 272 g/mol. The first-order chi connectivity index (χ1) is 9.60. The maximum absolute atomic E-state index is 5.98. The molecule has 1 aromatic carbocycles. The van der Waals surface area contributed by atoms with Crippen LogP contribution in [-0.2, 0) is 17.8 Å². The molecule has 0 spiro atoms. The zero-order valence-corrected chi connectivity index (χ0v) is 12.6. The van der Waals surface area contributed by atoms with Gasteiger partial charge in [-0.05, 0) is 56.9 Å². The van der Waals surface area contributed by atoms with Crippen LogP contribution in [0.5, 0.6) is 0 Å². The average Bonchev–Trinajstić information content (AvgIpc) is 2.96. The summed E-state index contributed by atoms with van der Waals surface area (Å²) in [5.74, 6) is 0. The third-order valence-corrected chi connectivity index (χ3v) is 4.65. The summed E-state index contributed by atoms with van der Waals surface area (Å²) >= 11 is 0. The highest BCUT2D eigenvalue weighted by Gasteiger charge is 2.23. The Morgan fingerprint density at radius 3 is 2.75 bits per heavy atom. The van der Waals surface area contributed by atoms with Gasteiger partial charge in [0.15, 0.2) is 0 Å². The van der Waals surface area contributed by atoms with Gasteiger partial charge in [-0.15, -0.1) is 0 Å². The standard InChI is InChI=1S/C17H24N2O/c1-11-4-6-15(20-11)10-19-13(3)12(2)16-8-14(9-18)5-7-17(16)19/h5,7-8,11,15H,4,6,9-10,18H2,1-3H3. The quantitative estimate of drug-likeness (QED) is 0.931. The van der Waals surface area contributed by atoms with E-state index in [1.54, 1.807) is 0 Å². The number of hydrogen-bond donors (Lipinski definition) is 1. The highest BCUT2D eigenvalue weighted by Crippen LogP contribution is 2.29. The minimum absolute atomic E-state index is 0.355. The predicted molar refractivity (Wildman–Crippen MR) is 82.9 cm³/mol. The van der Waals surface area contributed by atoms with Crippen LogP contribution < -0.4 is 5.73 Å². The summed E-state index contributed by atoms with van der Waals surface area (Å²) in [6.07, 6.45) is 3.11. The molecule has 2 N–H and O–H groups in total. The molecule has 2 heterocycles. The molecule has 0 aliphatic carbocycles. The highest BCUT2D eigenvalue weighted by atomic mass is 16.5. The summed E-state index contributed by atoms with van der Waals surface area (Å²) in [6, 6.07) is 6.57. The summed E-state index contributed by atoms with van der Waals surface area (Å²) in [5, 5.41) is 1.33. The Morgan fingerprint density at radius 2 is 2.10 bits per heavy atom. The topological polar surface area (TPSA) is 40.2 Å². The van der Waals surface area contributed by atoms with Gasteiger partial charge in [-0.2, -0.15) is 0 Å². The molecular weight excluding hydrogens is 248 g/mol. The van der Waals surface area contributed by atoms with Gasteiger partial charge in [-0.25, -0.2) is 0 Å². The number of benzene rings is 1. The second kappa shape index (κ2) is 5.23. The van der Waals surface area contributed by atoms with Crippen molar-refractivity contribution in [3.05, 3.63) is 35.0 Å². The van der Waals surface area contributed by atoms with E-state index in [-0.39, 0.29) is 0 Å². The first-order valence-electron chi connectivity index (χ1n) is 7.54. The van der Waals surface area contributed by atoms with E-state index in [4.69, 9.17) is 10.5 Å². The van der Waals surface area contributed by atoms with Gasteiger partial charge in [0, 0.05) is 29.7 Å². The Balaban J connectivity index is 2.00. The molecule has 20 heavy (non-hydrogen) atoms. The molecule has 0 saturated carbocycles. The fourth-order valence-electron chi connectivity index (χ4n) is 3.28. The molecule has 2 atom stereocenters. The molecule has 0 amide bonds. The summed E-state index contributed by atoms with van der Waals surface area (Å²) in [5.41, 5.74) is 11.0. The minimum Gasteiger partial charge on any atom is -0.373 e. The molecule has 1 aliphatic heterocycles. The molecule has 2 aromatic rings. The predicted octanol–water partition coefficient (Wildman–Crippen LogP) is 3.28. The van der Waals surface area contributed by atoms with Crippen molar-refractivity contribution in [2.45, 2.75) is 58.9 Å². The van der Waals surface area contributed by atoms with E-state index in [2.05, 4.69) is 43.5 Å². The number of aryl methyl sites for hydroxylation is 1. The molecule has 3 nitrogen and oxygen atoms in total. The number of nitrogens with two attached hydrogens (primary N) is 1. The first-order valence-corrected chi connectivity index (χ1v) is 7.54. The van der Waals surface area contributed by atoms with E-state index in [0.717, 1.165) is 6.54 Å². The Hall–Kier alpha value is -1.32. The second-order valence-electron chi connectivity index (χ2n) is 6.02. The van der Waals surface area contributed by atoms with Crippen molar-refractivity contribution in [2.24, 2.45) is 5.73 Å². The average molecular weight is 272 g/mol. The van der Waals surface area contributed by atoms with E-state index in [9.17, 15) is 0 Å². The van der Waals surface area contributed by atoms with Crippen LogP contribution in [0.1, 0.15) is 36.6 Å². The van der Waals surface area contributed by atoms with E-state index < -0.39 is 0 Å². The lowest BCUT2D eigenvalue weighted by molar-refractivity contribution is 0.0462. The van der Waals surface area contributed by atoms with E-state index >= 15 is 0 Å². The number of ether oxygens (including phenoxy) is 1. The number of rotatable bonds is 3. The van der Waals surface area contributed by atoms with Gasteiger partial charge in [0.05, 0.1) is 12.2 Å². The van der Waals surface area contributed by atoms with E-state index in [1.807, 2.05) is 0 Å². The molecule has 2 unspecified atom stereocenters. The fraction of sp³-hybridized carbons (Fsp3) is 0.529. The number of nitrogens with zero attached hydrogens (tertiary/aromatic N) is 1. The van der Waals surface area contributed by atoms with Crippen molar-refractivity contribution in [1.29, 1.82) is 0 Å². The second-order valence-corrected chi connectivity index (χ2v) is 6.02. The van der Waals surface area contributed by atoms with Crippen molar-refractivity contribution in [1.82, 2.24) is 4.57 Å². The molecule has 3 rings (SSSR count). The number of aromatic nitrogens is 1. The molecule has 0 radical (unpaired) electrons. The normalized spacial score (nSPS) is 22.8. The van der Waals surface area contributed by atoms with Gasteiger partial charge in [-0.1, -0.05) is 6.07 Å². The zero-order chi connectivity index (χ0) is 14.3. The molecule has 1 saturated heterocycles. The fourth-order valence-corrected chi connectivity index (χ4v) is 3.28. The number of fused-ring (bicyclic) bond motifs is 1. The minimum atomic E-state index is 0.355. The first kappa shape index (κ1) is 13.7. The van der Waals surface area contributed by atoms with Crippen LogP contribution in [0, 0.1) is 13.8 Å². The van der Waals surface area contributed by atoms with Crippen molar-refractivity contribution in [3.8, 4) is 0 Å². The van der Waals surface area contributed by atoms with Crippen LogP contribution in [0.4, 0.5) is 0 Å². The van der Waals surface area contributed by atoms with Gasteiger partial charge in [0.25, 0.3) is 0 Å². The molecule has 1 fully saturated rings. The third-order valence-electron chi connectivity index (χ3n) is 4.65. The largest absolute Gasteiger partial charge is 0.373 e. The van der Waals surface area contributed by atoms with Crippen molar-refractivity contribution in [2.75, 3.05) is 0 Å². The molecule has 0 bridgehead atoms. The summed E-state index contributed by atoms with van der Waals surface area (Å²) in [7, 11) is 0. The van der Waals surface area contributed by atoms with Gasteiger partial charge in [0.1, 0.15) is 0 Å².